The van der Waals surface area contributed by atoms with Crippen LogP contribution >= 0.6 is 35.7 Å². The molecule has 0 unspecified atom stereocenters. The van der Waals surface area contributed by atoms with Gasteiger partial charge in [-0.2, -0.15) is 11.8 Å². The molecular weight excluding hydrogens is 425 g/mol. The van der Waals surface area contributed by atoms with Crippen LogP contribution in [0.4, 0.5) is 0 Å². The largest absolute Gasteiger partial charge is 0.379 e. The van der Waals surface area contributed by atoms with Crippen LogP contribution in [0.15, 0.2) is 4.99 Å². The van der Waals surface area contributed by atoms with E-state index in [9.17, 15) is 8.42 Å². The minimum absolute atomic E-state index is 0. The van der Waals surface area contributed by atoms with Gasteiger partial charge in [-0.3, -0.25) is 4.99 Å². The Labute approximate surface area is 150 Å². The van der Waals surface area contributed by atoms with Gasteiger partial charge >= 0.3 is 0 Å². The highest BCUT2D eigenvalue weighted by atomic mass is 127. The van der Waals surface area contributed by atoms with E-state index in [0.717, 1.165) is 12.5 Å². The van der Waals surface area contributed by atoms with E-state index >= 15 is 0 Å². The lowest BCUT2D eigenvalue weighted by Crippen LogP contribution is -2.44. The SMILES string of the molecule is CN=C(NCCOCCS(C)(=O)=O)NCC(C)(C)SC.I. The number of guanidine groups is 1. The predicted molar refractivity (Wildman–Crippen MR) is 103 cm³/mol. The van der Waals surface area contributed by atoms with Gasteiger partial charge in [0.1, 0.15) is 9.84 Å². The molecule has 0 spiro atoms. The van der Waals surface area contributed by atoms with E-state index in [2.05, 4.69) is 35.7 Å². The molecule has 9 heteroatoms. The van der Waals surface area contributed by atoms with Crippen molar-refractivity contribution in [2.24, 2.45) is 4.99 Å². The number of nitrogens with one attached hydrogen (secondary N) is 2. The quantitative estimate of drug-likeness (QED) is 0.235. The Morgan fingerprint density at radius 1 is 1.29 bits per heavy atom. The van der Waals surface area contributed by atoms with Crippen molar-refractivity contribution in [2.45, 2.75) is 18.6 Å². The average molecular weight is 453 g/mol. The molecule has 0 amide bonds. The fraction of sp³-hybridized carbons (Fsp3) is 0.917. The second-order valence-electron chi connectivity index (χ2n) is 5.06. The summed E-state index contributed by atoms with van der Waals surface area (Å²) in [6.07, 6.45) is 3.28. The van der Waals surface area contributed by atoms with Crippen molar-refractivity contribution in [3.8, 4) is 0 Å². The Bertz CT molecular complexity index is 401. The molecule has 21 heavy (non-hydrogen) atoms. The monoisotopic (exact) mass is 453 g/mol. The zero-order chi connectivity index (χ0) is 15.6. The molecule has 6 nitrogen and oxygen atoms in total. The van der Waals surface area contributed by atoms with E-state index in [-0.39, 0.29) is 41.1 Å². The zero-order valence-electron chi connectivity index (χ0n) is 13.4. The van der Waals surface area contributed by atoms with Crippen molar-refractivity contribution < 1.29 is 13.2 Å². The summed E-state index contributed by atoms with van der Waals surface area (Å²) >= 11 is 1.79. The summed E-state index contributed by atoms with van der Waals surface area (Å²) in [6, 6.07) is 0. The van der Waals surface area contributed by atoms with Gasteiger partial charge in [0, 0.05) is 31.1 Å². The van der Waals surface area contributed by atoms with Crippen LogP contribution in [0, 0.1) is 0 Å². The number of rotatable bonds is 9. The van der Waals surface area contributed by atoms with E-state index in [0.29, 0.717) is 13.2 Å². The van der Waals surface area contributed by atoms with Gasteiger partial charge in [0.15, 0.2) is 5.96 Å². The van der Waals surface area contributed by atoms with Gasteiger partial charge in [0.05, 0.1) is 19.0 Å². The summed E-state index contributed by atoms with van der Waals surface area (Å²) in [5.41, 5.74) is 0. The fourth-order valence-electron chi connectivity index (χ4n) is 1.14. The topological polar surface area (TPSA) is 79.8 Å². The Kier molecular flexibility index (Phi) is 13.2. The molecule has 0 aromatic heterocycles. The molecule has 0 aliphatic carbocycles. The highest BCUT2D eigenvalue weighted by Gasteiger charge is 2.15. The Morgan fingerprint density at radius 2 is 1.90 bits per heavy atom. The molecule has 0 atom stereocenters. The Balaban J connectivity index is 0. The van der Waals surface area contributed by atoms with Crippen molar-refractivity contribution in [3.05, 3.63) is 0 Å². The van der Waals surface area contributed by atoms with Crippen LogP contribution in [0.3, 0.4) is 0 Å². The van der Waals surface area contributed by atoms with Crippen molar-refractivity contribution in [1.82, 2.24) is 10.6 Å². The van der Waals surface area contributed by atoms with Crippen LogP contribution in [0.5, 0.6) is 0 Å². The molecule has 2 N–H and O–H groups in total. The second-order valence-corrected chi connectivity index (χ2v) is 8.83. The molecule has 0 saturated heterocycles. The van der Waals surface area contributed by atoms with Gasteiger partial charge < -0.3 is 15.4 Å². The summed E-state index contributed by atoms with van der Waals surface area (Å²) < 4.78 is 27.2. The number of hydrogen-bond acceptors (Lipinski definition) is 5. The molecule has 0 saturated carbocycles. The zero-order valence-corrected chi connectivity index (χ0v) is 17.4. The van der Waals surface area contributed by atoms with Crippen LogP contribution in [0.25, 0.3) is 0 Å². The molecule has 0 aliphatic rings. The summed E-state index contributed by atoms with van der Waals surface area (Å²) in [7, 11) is -1.23. The van der Waals surface area contributed by atoms with Gasteiger partial charge in [-0.05, 0) is 20.1 Å². The number of thioether (sulfide) groups is 1. The Morgan fingerprint density at radius 3 is 2.38 bits per heavy atom. The van der Waals surface area contributed by atoms with E-state index in [4.69, 9.17) is 4.74 Å². The van der Waals surface area contributed by atoms with Gasteiger partial charge in [0.2, 0.25) is 0 Å². The Hall–Kier alpha value is 0.260. The maximum atomic E-state index is 10.9. The predicted octanol–water partition coefficient (Wildman–Crippen LogP) is 0.972. The molecule has 128 valence electrons. The molecule has 0 radical (unpaired) electrons. The van der Waals surface area contributed by atoms with Crippen LogP contribution in [-0.2, 0) is 14.6 Å². The van der Waals surface area contributed by atoms with E-state index in [1.807, 2.05) is 0 Å². The molecule has 0 rings (SSSR count). The van der Waals surface area contributed by atoms with Crippen LogP contribution in [0.2, 0.25) is 0 Å². The van der Waals surface area contributed by atoms with Crippen LogP contribution < -0.4 is 10.6 Å². The number of halogens is 1. The molecule has 0 fully saturated rings. The number of sulfone groups is 1. The van der Waals surface area contributed by atoms with E-state index in [1.54, 1.807) is 18.8 Å². The lowest BCUT2D eigenvalue weighted by atomic mass is 10.2. The average Bonchev–Trinajstić information content (AvgIpc) is 2.35. The molecule has 0 aromatic rings. The van der Waals surface area contributed by atoms with Gasteiger partial charge in [-0.25, -0.2) is 8.42 Å². The second kappa shape index (κ2) is 11.8. The molecule has 0 bridgehead atoms. The van der Waals surface area contributed by atoms with E-state index in [1.165, 1.54) is 6.26 Å². The van der Waals surface area contributed by atoms with Crippen molar-refractivity contribution in [1.29, 1.82) is 0 Å². The molecule has 0 aromatic carbocycles. The van der Waals surface area contributed by atoms with E-state index < -0.39 is 9.84 Å². The maximum Gasteiger partial charge on any atom is 0.191 e. The first-order chi connectivity index (χ1) is 9.20. The molecule has 0 aliphatic heterocycles. The minimum Gasteiger partial charge on any atom is -0.379 e. The lowest BCUT2D eigenvalue weighted by molar-refractivity contribution is 0.154. The summed E-state index contributed by atoms with van der Waals surface area (Å²) in [5.74, 6) is 0.779. The third kappa shape index (κ3) is 14.9. The first kappa shape index (κ1) is 23.5. The third-order valence-corrected chi connectivity index (χ3v) is 4.75. The number of ether oxygens (including phenoxy) is 1. The van der Waals surface area contributed by atoms with Crippen LogP contribution in [0.1, 0.15) is 13.8 Å². The van der Waals surface area contributed by atoms with Crippen molar-refractivity contribution in [2.75, 3.05) is 51.6 Å². The smallest absolute Gasteiger partial charge is 0.191 e. The number of aliphatic imine (C=N–C) groups is 1. The van der Waals surface area contributed by atoms with Gasteiger partial charge in [0.25, 0.3) is 0 Å². The number of hydrogen-bond donors (Lipinski definition) is 2. The maximum absolute atomic E-state index is 10.9. The first-order valence-corrected chi connectivity index (χ1v) is 9.74. The lowest BCUT2D eigenvalue weighted by Gasteiger charge is -2.23. The van der Waals surface area contributed by atoms with Crippen LogP contribution in [-0.4, -0.2) is 70.7 Å². The summed E-state index contributed by atoms with van der Waals surface area (Å²) in [6.45, 7) is 6.39. The van der Waals surface area contributed by atoms with Crippen molar-refractivity contribution >= 4 is 51.5 Å². The third-order valence-electron chi connectivity index (χ3n) is 2.60. The molecule has 0 heterocycles. The molecular formula is C12H28IN3O3S2. The highest BCUT2D eigenvalue weighted by molar-refractivity contribution is 14.0. The minimum atomic E-state index is -2.94. The number of nitrogens with zero attached hydrogens (tertiary/aromatic N) is 1. The standard InChI is InChI=1S/C12H27N3O3S2.HI/c1-12(2,19-4)10-15-11(13-3)14-6-7-18-8-9-20(5,16)17;/h6-10H2,1-5H3,(H2,13,14,15);1H. The fourth-order valence-corrected chi connectivity index (χ4v) is 1.78. The van der Waals surface area contributed by atoms with Gasteiger partial charge in [-0.15, -0.1) is 24.0 Å². The highest BCUT2D eigenvalue weighted by Crippen LogP contribution is 2.19. The van der Waals surface area contributed by atoms with Crippen molar-refractivity contribution in [3.63, 3.8) is 0 Å². The first-order valence-electron chi connectivity index (χ1n) is 6.45. The summed E-state index contributed by atoms with van der Waals surface area (Å²) in [4.78, 5) is 4.12. The van der Waals surface area contributed by atoms with Gasteiger partial charge in [-0.1, -0.05) is 0 Å². The normalized spacial score (nSPS) is 12.7. The summed E-state index contributed by atoms with van der Waals surface area (Å²) in [5, 5.41) is 6.36.